The van der Waals surface area contributed by atoms with Gasteiger partial charge in [-0.25, -0.2) is 0 Å². The minimum Gasteiger partial charge on any atom is -0.490 e. The van der Waals surface area contributed by atoms with E-state index in [0.717, 1.165) is 17.5 Å². The molecule has 0 N–H and O–H groups in total. The average molecular weight is 430 g/mol. The number of ether oxygens (including phenoxy) is 2. The molecule has 0 aliphatic carbocycles. The van der Waals surface area contributed by atoms with Gasteiger partial charge in [-0.05, 0) is 48.7 Å². The zero-order chi connectivity index (χ0) is 20.0. The third kappa shape index (κ3) is 5.78. The van der Waals surface area contributed by atoms with Gasteiger partial charge in [0, 0.05) is 11.3 Å². The number of rotatable bonds is 9. The van der Waals surface area contributed by atoms with Crippen molar-refractivity contribution in [3.8, 4) is 11.5 Å². The summed E-state index contributed by atoms with van der Waals surface area (Å²) in [6.45, 7) is 6.21. The number of Topliss-reactive ketones (excluding diaryl/α,β-unsaturated/α-hetero) is 1. The summed E-state index contributed by atoms with van der Waals surface area (Å²) in [6, 6.07) is 11.4. The molecule has 2 aromatic rings. The lowest BCUT2D eigenvalue weighted by atomic mass is 9.78. The number of hydrogen-bond donors (Lipinski definition) is 0. The molecule has 0 aliphatic heterocycles. The van der Waals surface area contributed by atoms with E-state index in [1.165, 1.54) is 6.92 Å². The molecule has 0 radical (unpaired) electrons. The van der Waals surface area contributed by atoms with E-state index in [9.17, 15) is 4.79 Å². The van der Waals surface area contributed by atoms with Crippen LogP contribution in [-0.4, -0.2) is 24.9 Å². The second-order valence-corrected chi connectivity index (χ2v) is 7.99. The largest absolute Gasteiger partial charge is 0.490 e. The first kappa shape index (κ1) is 21.9. The topological polar surface area (TPSA) is 35.5 Å². The fraction of sp³-hybridized carbons (Fsp3) is 0.381. The highest BCUT2D eigenvalue weighted by Crippen LogP contribution is 2.40. The standard InChI is InChI=1S/C21H23Cl3O3/c1-14(25)13-27-17-7-5-15(6-8-17)21(2,3)16-11-18(23)20(19(24)12-16)26-10-4-9-22/h5-8,11-12H,4,9-10,13H2,1-3H3. The number of ketones is 1. The molecule has 0 saturated carbocycles. The van der Waals surface area contributed by atoms with Crippen molar-refractivity contribution >= 4 is 40.6 Å². The maximum Gasteiger partial charge on any atom is 0.167 e. The van der Waals surface area contributed by atoms with Crippen LogP contribution in [0.3, 0.4) is 0 Å². The molecule has 0 unspecified atom stereocenters. The lowest BCUT2D eigenvalue weighted by Crippen LogP contribution is -2.19. The highest BCUT2D eigenvalue weighted by Gasteiger charge is 2.25. The van der Waals surface area contributed by atoms with Gasteiger partial charge in [-0.2, -0.15) is 0 Å². The van der Waals surface area contributed by atoms with Gasteiger partial charge in [-0.3, -0.25) is 4.79 Å². The molecule has 146 valence electrons. The summed E-state index contributed by atoms with van der Waals surface area (Å²) in [5.41, 5.74) is 1.71. The Morgan fingerprint density at radius 2 is 1.59 bits per heavy atom. The number of hydrogen-bond acceptors (Lipinski definition) is 3. The van der Waals surface area contributed by atoms with E-state index in [-0.39, 0.29) is 17.8 Å². The lowest BCUT2D eigenvalue weighted by molar-refractivity contribution is -0.118. The van der Waals surface area contributed by atoms with Gasteiger partial charge in [-0.1, -0.05) is 49.2 Å². The summed E-state index contributed by atoms with van der Waals surface area (Å²) in [4.78, 5) is 11.0. The van der Waals surface area contributed by atoms with Gasteiger partial charge < -0.3 is 9.47 Å². The predicted octanol–water partition coefficient (Wildman–Crippen LogP) is 6.29. The van der Waals surface area contributed by atoms with Crippen LogP contribution in [0.4, 0.5) is 0 Å². The van der Waals surface area contributed by atoms with Crippen LogP contribution in [0.2, 0.25) is 10.0 Å². The van der Waals surface area contributed by atoms with Gasteiger partial charge in [0.25, 0.3) is 0 Å². The number of carbonyl (C=O) groups excluding carboxylic acids is 1. The van der Waals surface area contributed by atoms with Crippen molar-refractivity contribution in [3.05, 3.63) is 57.6 Å². The smallest absolute Gasteiger partial charge is 0.167 e. The zero-order valence-electron chi connectivity index (χ0n) is 15.7. The van der Waals surface area contributed by atoms with Crippen LogP contribution >= 0.6 is 34.8 Å². The third-order valence-electron chi connectivity index (χ3n) is 4.26. The van der Waals surface area contributed by atoms with E-state index in [0.29, 0.717) is 34.0 Å². The minimum absolute atomic E-state index is 0.0166. The summed E-state index contributed by atoms with van der Waals surface area (Å²) in [7, 11) is 0. The number of halogens is 3. The second-order valence-electron chi connectivity index (χ2n) is 6.80. The van der Waals surface area contributed by atoms with E-state index >= 15 is 0 Å². The predicted molar refractivity (Wildman–Crippen MR) is 112 cm³/mol. The average Bonchev–Trinajstić information content (AvgIpc) is 2.62. The van der Waals surface area contributed by atoms with Crippen molar-refractivity contribution in [2.45, 2.75) is 32.6 Å². The monoisotopic (exact) mass is 428 g/mol. The van der Waals surface area contributed by atoms with Crippen molar-refractivity contribution < 1.29 is 14.3 Å². The summed E-state index contributed by atoms with van der Waals surface area (Å²) in [5.74, 6) is 1.64. The molecule has 0 amide bonds. The summed E-state index contributed by atoms with van der Waals surface area (Å²) in [6.07, 6.45) is 0.722. The summed E-state index contributed by atoms with van der Waals surface area (Å²) < 4.78 is 11.1. The highest BCUT2D eigenvalue weighted by molar-refractivity contribution is 6.37. The number of alkyl halides is 1. The molecule has 27 heavy (non-hydrogen) atoms. The molecule has 0 aromatic heterocycles. The molecule has 3 nitrogen and oxygen atoms in total. The van der Waals surface area contributed by atoms with E-state index in [1.54, 1.807) is 0 Å². The molecular weight excluding hydrogens is 407 g/mol. The zero-order valence-corrected chi connectivity index (χ0v) is 17.9. The Bertz CT molecular complexity index is 763. The fourth-order valence-corrected chi connectivity index (χ4v) is 3.31. The highest BCUT2D eigenvalue weighted by atomic mass is 35.5. The molecule has 0 bridgehead atoms. The van der Waals surface area contributed by atoms with E-state index < -0.39 is 0 Å². The molecule has 0 atom stereocenters. The SMILES string of the molecule is CC(=O)COc1ccc(C(C)(C)c2cc(Cl)c(OCCCCl)c(Cl)c2)cc1. The Balaban J connectivity index is 2.23. The van der Waals surface area contributed by atoms with Gasteiger partial charge in [0.15, 0.2) is 11.5 Å². The van der Waals surface area contributed by atoms with Crippen LogP contribution in [0.5, 0.6) is 11.5 Å². The molecule has 0 saturated heterocycles. The third-order valence-corrected chi connectivity index (χ3v) is 5.09. The first-order valence-electron chi connectivity index (χ1n) is 8.66. The summed E-state index contributed by atoms with van der Waals surface area (Å²) in [5, 5.41) is 0.947. The Morgan fingerprint density at radius 3 is 2.11 bits per heavy atom. The second kappa shape index (κ2) is 9.68. The molecule has 6 heteroatoms. The molecule has 0 fully saturated rings. The van der Waals surface area contributed by atoms with Crippen molar-refractivity contribution in [3.63, 3.8) is 0 Å². The van der Waals surface area contributed by atoms with Gasteiger partial charge >= 0.3 is 0 Å². The van der Waals surface area contributed by atoms with Gasteiger partial charge in [0.2, 0.25) is 0 Å². The quantitative estimate of drug-likeness (QED) is 0.347. The molecule has 0 heterocycles. The Morgan fingerprint density at radius 1 is 1.00 bits per heavy atom. The van der Waals surface area contributed by atoms with Crippen molar-refractivity contribution in [2.24, 2.45) is 0 Å². The van der Waals surface area contributed by atoms with E-state index in [2.05, 4.69) is 13.8 Å². The molecule has 0 spiro atoms. The number of carbonyl (C=O) groups is 1. The Labute approximate surface area is 175 Å². The first-order chi connectivity index (χ1) is 12.8. The Hall–Kier alpha value is -1.42. The van der Waals surface area contributed by atoms with Crippen molar-refractivity contribution in [1.82, 2.24) is 0 Å². The maximum atomic E-state index is 11.0. The minimum atomic E-state index is -0.332. The molecule has 2 aromatic carbocycles. The van der Waals surface area contributed by atoms with Crippen LogP contribution in [0.15, 0.2) is 36.4 Å². The van der Waals surface area contributed by atoms with Crippen LogP contribution in [-0.2, 0) is 10.2 Å². The van der Waals surface area contributed by atoms with Crippen molar-refractivity contribution in [1.29, 1.82) is 0 Å². The van der Waals surface area contributed by atoms with Crippen LogP contribution in [0.25, 0.3) is 0 Å². The van der Waals surface area contributed by atoms with Crippen molar-refractivity contribution in [2.75, 3.05) is 19.1 Å². The fourth-order valence-electron chi connectivity index (χ4n) is 2.61. The first-order valence-corrected chi connectivity index (χ1v) is 9.96. The summed E-state index contributed by atoms with van der Waals surface area (Å²) >= 11 is 18.5. The van der Waals surface area contributed by atoms with Gasteiger partial charge in [0.05, 0.1) is 16.7 Å². The van der Waals surface area contributed by atoms with Crippen LogP contribution < -0.4 is 9.47 Å². The van der Waals surface area contributed by atoms with Gasteiger partial charge in [-0.15, -0.1) is 11.6 Å². The van der Waals surface area contributed by atoms with Crippen LogP contribution in [0, 0.1) is 0 Å². The lowest BCUT2D eigenvalue weighted by Gasteiger charge is -2.27. The molecular formula is C21H23Cl3O3. The van der Waals surface area contributed by atoms with E-state index in [4.69, 9.17) is 44.3 Å². The Kier molecular flexibility index (Phi) is 7.84. The number of benzene rings is 2. The molecule has 0 aliphatic rings. The van der Waals surface area contributed by atoms with Gasteiger partial charge in [0.1, 0.15) is 12.4 Å². The van der Waals surface area contributed by atoms with Crippen LogP contribution in [0.1, 0.15) is 38.3 Å². The maximum absolute atomic E-state index is 11.0. The normalized spacial score (nSPS) is 11.3. The van der Waals surface area contributed by atoms with E-state index in [1.807, 2.05) is 36.4 Å². The molecule has 2 rings (SSSR count).